The fourth-order valence-electron chi connectivity index (χ4n) is 1.09. The van der Waals surface area contributed by atoms with E-state index in [-0.39, 0.29) is 10.8 Å². The summed E-state index contributed by atoms with van der Waals surface area (Å²) < 4.78 is 24.9. The highest BCUT2D eigenvalue weighted by Gasteiger charge is 2.11. The lowest BCUT2D eigenvalue weighted by molar-refractivity contribution is 0.594. The molecule has 0 saturated carbocycles. The number of rotatable bonds is 3. The van der Waals surface area contributed by atoms with Crippen LogP contribution in [0.3, 0.4) is 0 Å². The van der Waals surface area contributed by atoms with Gasteiger partial charge in [-0.1, -0.05) is 13.8 Å². The summed E-state index contributed by atoms with van der Waals surface area (Å²) in [6, 6.07) is 4.26. The summed E-state index contributed by atoms with van der Waals surface area (Å²) in [5.41, 5.74) is 5.74. The van der Waals surface area contributed by atoms with Crippen LogP contribution in [0.1, 0.15) is 13.8 Å². The van der Waals surface area contributed by atoms with Crippen molar-refractivity contribution in [3.63, 3.8) is 0 Å². The molecule has 0 aliphatic carbocycles. The second kappa shape index (κ2) is 4.55. The Morgan fingerprint density at radius 2 is 2.14 bits per heavy atom. The molecule has 0 fully saturated rings. The van der Waals surface area contributed by atoms with Gasteiger partial charge in [0.15, 0.2) is 0 Å². The normalized spacial score (nSPS) is 13.1. The van der Waals surface area contributed by atoms with Crippen molar-refractivity contribution in [1.29, 1.82) is 0 Å². The van der Waals surface area contributed by atoms with Crippen LogP contribution < -0.4 is 5.73 Å². The minimum atomic E-state index is -1.26. The Morgan fingerprint density at radius 3 is 2.64 bits per heavy atom. The zero-order valence-electron chi connectivity index (χ0n) is 8.29. The van der Waals surface area contributed by atoms with Crippen molar-refractivity contribution in [3.05, 3.63) is 24.0 Å². The maximum Gasteiger partial charge on any atom is 0.141 e. The number of nitrogens with two attached hydrogens (primary N) is 1. The van der Waals surface area contributed by atoms with Crippen molar-refractivity contribution in [2.45, 2.75) is 18.7 Å². The van der Waals surface area contributed by atoms with Crippen LogP contribution in [-0.2, 0) is 10.8 Å². The molecule has 1 atom stereocenters. The van der Waals surface area contributed by atoms with Gasteiger partial charge < -0.3 is 5.73 Å². The molecule has 1 unspecified atom stereocenters. The van der Waals surface area contributed by atoms with Gasteiger partial charge in [0.25, 0.3) is 0 Å². The fourth-order valence-corrected chi connectivity index (χ4v) is 2.38. The summed E-state index contributed by atoms with van der Waals surface area (Å²) in [6.45, 7) is 3.90. The molecule has 14 heavy (non-hydrogen) atoms. The number of nitrogen functional groups attached to an aromatic ring is 1. The molecule has 0 aliphatic heterocycles. The maximum atomic E-state index is 13.3. The van der Waals surface area contributed by atoms with Crippen LogP contribution in [0, 0.1) is 11.7 Å². The highest BCUT2D eigenvalue weighted by atomic mass is 32.2. The van der Waals surface area contributed by atoms with Crippen LogP contribution >= 0.6 is 0 Å². The first-order valence-corrected chi connectivity index (χ1v) is 5.76. The van der Waals surface area contributed by atoms with Crippen LogP contribution in [-0.4, -0.2) is 9.96 Å². The summed E-state index contributed by atoms with van der Waals surface area (Å²) >= 11 is 0. The lowest BCUT2D eigenvalue weighted by Crippen LogP contribution is -2.06. The minimum absolute atomic E-state index is 0.243. The molecule has 0 heterocycles. The Morgan fingerprint density at radius 1 is 1.50 bits per heavy atom. The van der Waals surface area contributed by atoms with Gasteiger partial charge in [0.2, 0.25) is 0 Å². The molecule has 1 rings (SSSR count). The van der Waals surface area contributed by atoms with Gasteiger partial charge >= 0.3 is 0 Å². The first-order chi connectivity index (χ1) is 6.50. The van der Waals surface area contributed by atoms with Gasteiger partial charge in [-0.25, -0.2) is 4.39 Å². The molecule has 0 radical (unpaired) electrons. The Bertz CT molecular complexity index is 352. The minimum Gasteiger partial charge on any atom is -0.399 e. The van der Waals surface area contributed by atoms with Crippen LogP contribution in [0.25, 0.3) is 0 Å². The van der Waals surface area contributed by atoms with Crippen LogP contribution in [0.2, 0.25) is 0 Å². The number of hydrogen-bond donors (Lipinski definition) is 1. The average molecular weight is 215 g/mol. The molecule has 4 heteroatoms. The van der Waals surface area contributed by atoms with E-state index in [1.54, 1.807) is 6.07 Å². The number of halogens is 1. The van der Waals surface area contributed by atoms with Gasteiger partial charge in [0, 0.05) is 11.4 Å². The number of hydrogen-bond acceptors (Lipinski definition) is 2. The molecule has 1 aromatic carbocycles. The highest BCUT2D eigenvalue weighted by Crippen LogP contribution is 2.17. The van der Waals surface area contributed by atoms with Gasteiger partial charge in [-0.05, 0) is 24.1 Å². The monoisotopic (exact) mass is 215 g/mol. The number of anilines is 1. The molecular formula is C10H14FNOS. The Hall–Kier alpha value is -0.900. The summed E-state index contributed by atoms with van der Waals surface area (Å²) in [4.78, 5) is 0.243. The predicted octanol–water partition coefficient (Wildman–Crippen LogP) is 2.17. The molecule has 2 N–H and O–H groups in total. The third-order valence-electron chi connectivity index (χ3n) is 1.69. The van der Waals surface area contributed by atoms with Gasteiger partial charge in [-0.2, -0.15) is 0 Å². The highest BCUT2D eigenvalue weighted by molar-refractivity contribution is 7.85. The summed E-state index contributed by atoms with van der Waals surface area (Å²) in [6.07, 6.45) is 0. The zero-order valence-corrected chi connectivity index (χ0v) is 9.10. The lowest BCUT2D eigenvalue weighted by atomic mass is 10.3. The smallest absolute Gasteiger partial charge is 0.141 e. The Kier molecular flexibility index (Phi) is 3.63. The molecule has 0 bridgehead atoms. The quantitative estimate of drug-likeness (QED) is 0.785. The van der Waals surface area contributed by atoms with Gasteiger partial charge in [-0.15, -0.1) is 0 Å². The number of benzene rings is 1. The summed E-state index contributed by atoms with van der Waals surface area (Å²) in [7, 11) is -1.26. The molecule has 0 aromatic heterocycles. The largest absolute Gasteiger partial charge is 0.399 e. The van der Waals surface area contributed by atoms with E-state index in [1.165, 1.54) is 12.1 Å². The molecule has 0 saturated heterocycles. The summed E-state index contributed by atoms with van der Waals surface area (Å²) in [5.74, 6) is 0.276. The van der Waals surface area contributed by atoms with E-state index in [9.17, 15) is 8.60 Å². The van der Waals surface area contributed by atoms with E-state index >= 15 is 0 Å². The molecule has 0 amide bonds. The van der Waals surface area contributed by atoms with Crippen LogP contribution in [0.15, 0.2) is 23.1 Å². The average Bonchev–Trinajstić information content (AvgIpc) is 2.01. The first-order valence-electron chi connectivity index (χ1n) is 4.44. The Labute approximate surface area is 85.8 Å². The van der Waals surface area contributed by atoms with Gasteiger partial charge in [0.1, 0.15) is 5.82 Å². The van der Waals surface area contributed by atoms with Crippen molar-refractivity contribution in [1.82, 2.24) is 0 Å². The molecule has 1 aromatic rings. The van der Waals surface area contributed by atoms with E-state index in [1.807, 2.05) is 13.8 Å². The molecular weight excluding hydrogens is 201 g/mol. The first kappa shape index (κ1) is 11.2. The van der Waals surface area contributed by atoms with E-state index < -0.39 is 16.6 Å². The standard InChI is InChI=1S/C10H14FNOS/c1-7(2)6-14(13)10-4-3-8(12)5-9(10)11/h3-5,7H,6,12H2,1-2H3. The lowest BCUT2D eigenvalue weighted by Gasteiger charge is -2.06. The summed E-state index contributed by atoms with van der Waals surface area (Å²) in [5, 5.41) is 0. The van der Waals surface area contributed by atoms with Crippen molar-refractivity contribution < 1.29 is 8.60 Å². The van der Waals surface area contributed by atoms with Gasteiger partial charge in [0.05, 0.1) is 15.7 Å². The van der Waals surface area contributed by atoms with E-state index in [0.29, 0.717) is 11.4 Å². The maximum absolute atomic E-state index is 13.3. The topological polar surface area (TPSA) is 43.1 Å². The zero-order chi connectivity index (χ0) is 10.7. The van der Waals surface area contributed by atoms with Crippen molar-refractivity contribution in [2.24, 2.45) is 5.92 Å². The molecule has 0 aliphatic rings. The third kappa shape index (κ3) is 2.80. The second-order valence-electron chi connectivity index (χ2n) is 3.60. The van der Waals surface area contributed by atoms with Crippen molar-refractivity contribution >= 4 is 16.5 Å². The third-order valence-corrected chi connectivity index (χ3v) is 3.48. The molecule has 78 valence electrons. The van der Waals surface area contributed by atoms with Crippen molar-refractivity contribution in [2.75, 3.05) is 11.5 Å². The molecule has 2 nitrogen and oxygen atoms in total. The van der Waals surface area contributed by atoms with Crippen LogP contribution in [0.4, 0.5) is 10.1 Å². The predicted molar refractivity (Wildman–Crippen MR) is 56.9 cm³/mol. The SMILES string of the molecule is CC(C)CS(=O)c1ccc(N)cc1F. The fraction of sp³-hybridized carbons (Fsp3) is 0.400. The van der Waals surface area contributed by atoms with Gasteiger partial charge in [-0.3, -0.25) is 4.21 Å². The molecule has 0 spiro atoms. The Balaban J connectivity index is 2.90. The van der Waals surface area contributed by atoms with E-state index in [0.717, 1.165) is 0 Å². The second-order valence-corrected chi connectivity index (χ2v) is 5.06. The van der Waals surface area contributed by atoms with E-state index in [2.05, 4.69) is 0 Å². The van der Waals surface area contributed by atoms with E-state index in [4.69, 9.17) is 5.73 Å². The van der Waals surface area contributed by atoms with Crippen molar-refractivity contribution in [3.8, 4) is 0 Å². The van der Waals surface area contributed by atoms with Crippen LogP contribution in [0.5, 0.6) is 0 Å².